The number of rotatable bonds is 8. The Morgan fingerprint density at radius 1 is 1.35 bits per heavy atom. The molecule has 1 heterocycles. The molecule has 4 heteroatoms. The van der Waals surface area contributed by atoms with Crippen molar-refractivity contribution >= 4 is 27.5 Å². The van der Waals surface area contributed by atoms with Gasteiger partial charge in [0.25, 0.3) is 0 Å². The molecule has 17 heavy (non-hydrogen) atoms. The summed E-state index contributed by atoms with van der Waals surface area (Å²) in [6.45, 7) is 4.26. The first-order valence-corrected chi connectivity index (χ1v) is 9.22. The maximum Gasteiger partial charge on any atom is 0.220 e. The first kappa shape index (κ1) is 15.2. The van der Waals surface area contributed by atoms with Crippen LogP contribution in [0.2, 0.25) is 0 Å². The lowest BCUT2D eigenvalue weighted by Crippen LogP contribution is -2.33. The minimum atomic E-state index is 0.243. The summed E-state index contributed by atoms with van der Waals surface area (Å²) < 4.78 is 0. The zero-order valence-corrected chi connectivity index (χ0v) is 12.7. The monoisotopic (exact) mass is 275 g/mol. The van der Waals surface area contributed by atoms with Crippen molar-refractivity contribution in [2.45, 2.75) is 70.1 Å². The quantitative estimate of drug-likeness (QED) is 0.536. The molecule has 0 saturated carbocycles. The highest BCUT2D eigenvalue weighted by molar-refractivity contribution is 8.77. The smallest absolute Gasteiger partial charge is 0.220 e. The van der Waals surface area contributed by atoms with E-state index in [9.17, 15) is 4.79 Å². The van der Waals surface area contributed by atoms with E-state index in [4.69, 9.17) is 0 Å². The van der Waals surface area contributed by atoms with Crippen LogP contribution in [0.25, 0.3) is 0 Å². The van der Waals surface area contributed by atoms with Crippen LogP contribution in [-0.4, -0.2) is 23.0 Å². The fourth-order valence-corrected chi connectivity index (χ4v) is 5.04. The molecule has 0 bridgehead atoms. The predicted octanol–water partition coefficient (Wildman–Crippen LogP) is 4.01. The van der Waals surface area contributed by atoms with Gasteiger partial charge >= 0.3 is 0 Å². The van der Waals surface area contributed by atoms with Crippen molar-refractivity contribution in [1.29, 1.82) is 0 Å². The molecule has 1 unspecified atom stereocenters. The van der Waals surface area contributed by atoms with E-state index >= 15 is 0 Å². The highest BCUT2D eigenvalue weighted by Crippen LogP contribution is 2.39. The van der Waals surface area contributed by atoms with Crippen LogP contribution in [0.15, 0.2) is 0 Å². The van der Waals surface area contributed by atoms with Crippen LogP contribution in [0.3, 0.4) is 0 Å². The van der Waals surface area contributed by atoms with Gasteiger partial charge in [-0.15, -0.1) is 0 Å². The van der Waals surface area contributed by atoms with Gasteiger partial charge in [0.15, 0.2) is 0 Å². The van der Waals surface area contributed by atoms with Gasteiger partial charge in [0.05, 0.1) is 0 Å². The van der Waals surface area contributed by atoms with E-state index in [0.717, 1.165) is 24.5 Å². The van der Waals surface area contributed by atoms with E-state index < -0.39 is 0 Å². The highest BCUT2D eigenvalue weighted by atomic mass is 33.1. The van der Waals surface area contributed by atoms with Crippen LogP contribution in [0.1, 0.15) is 58.8 Å². The highest BCUT2D eigenvalue weighted by Gasteiger charge is 2.16. The van der Waals surface area contributed by atoms with Crippen molar-refractivity contribution in [2.24, 2.45) is 0 Å². The number of carbonyl (C=O) groups excluding carboxylic acids is 1. The molecule has 2 nitrogen and oxygen atoms in total. The summed E-state index contributed by atoms with van der Waals surface area (Å²) in [5, 5.41) is 3.95. The Hall–Kier alpha value is 0.170. The van der Waals surface area contributed by atoms with Gasteiger partial charge in [-0.05, 0) is 32.1 Å². The first-order chi connectivity index (χ1) is 8.26. The van der Waals surface area contributed by atoms with Crippen LogP contribution < -0.4 is 5.32 Å². The third-order valence-electron chi connectivity index (χ3n) is 3.26. The summed E-state index contributed by atoms with van der Waals surface area (Å²) in [6.07, 6.45) is 7.69. The molecule has 1 amide bonds. The van der Waals surface area contributed by atoms with Crippen LogP contribution in [0.5, 0.6) is 0 Å². The van der Waals surface area contributed by atoms with Crippen molar-refractivity contribution < 1.29 is 4.79 Å². The Kier molecular flexibility index (Phi) is 8.19. The van der Waals surface area contributed by atoms with E-state index in [1.165, 1.54) is 25.0 Å². The second-order valence-corrected chi connectivity index (χ2v) is 7.44. The van der Waals surface area contributed by atoms with Crippen molar-refractivity contribution in [1.82, 2.24) is 5.32 Å². The Morgan fingerprint density at radius 2 is 2.12 bits per heavy atom. The lowest BCUT2D eigenvalue weighted by molar-refractivity contribution is -0.121. The predicted molar refractivity (Wildman–Crippen MR) is 79.4 cm³/mol. The molecule has 1 N–H and O–H groups in total. The topological polar surface area (TPSA) is 29.1 Å². The van der Waals surface area contributed by atoms with Crippen LogP contribution in [-0.2, 0) is 4.79 Å². The number of amides is 1. The minimum absolute atomic E-state index is 0.243. The van der Waals surface area contributed by atoms with E-state index in [1.807, 2.05) is 21.6 Å². The molecule has 1 atom stereocenters. The first-order valence-electron chi connectivity index (χ1n) is 6.83. The number of nitrogens with one attached hydrogen (secondary N) is 1. The fourth-order valence-electron chi connectivity index (χ4n) is 2.01. The van der Waals surface area contributed by atoms with Gasteiger partial charge in [0.2, 0.25) is 5.91 Å². The third-order valence-corrected chi connectivity index (χ3v) is 6.26. The molecular weight excluding hydrogens is 250 g/mol. The van der Waals surface area contributed by atoms with Crippen molar-refractivity contribution in [3.8, 4) is 0 Å². The zero-order valence-electron chi connectivity index (χ0n) is 11.0. The maximum absolute atomic E-state index is 11.6. The molecule has 0 aromatic rings. The Labute approximate surface area is 113 Å². The van der Waals surface area contributed by atoms with E-state index in [1.54, 1.807) is 0 Å². The van der Waals surface area contributed by atoms with Crippen molar-refractivity contribution in [3.05, 3.63) is 0 Å². The van der Waals surface area contributed by atoms with Gasteiger partial charge in [-0.2, -0.15) is 0 Å². The van der Waals surface area contributed by atoms with Gasteiger partial charge < -0.3 is 5.32 Å². The summed E-state index contributed by atoms with van der Waals surface area (Å²) in [6, 6.07) is 0.379. The average Bonchev–Trinajstić information content (AvgIpc) is 2.84. The zero-order chi connectivity index (χ0) is 12.5. The molecule has 0 spiro atoms. The summed E-state index contributed by atoms with van der Waals surface area (Å²) in [5.74, 6) is 1.55. The number of carbonyl (C=O) groups is 1. The van der Waals surface area contributed by atoms with E-state index in [2.05, 4.69) is 19.2 Å². The standard InChI is InChI=1S/C13H25NOS2/c1-3-11(4-2)14-13(15)8-6-5-7-12-9-10-16-17-12/h11-12H,3-10H2,1-2H3,(H,14,15). The summed E-state index contributed by atoms with van der Waals surface area (Å²) in [5.41, 5.74) is 0. The van der Waals surface area contributed by atoms with Crippen LogP contribution >= 0.6 is 21.6 Å². The molecule has 0 radical (unpaired) electrons. The molecule has 0 aromatic carbocycles. The SMILES string of the molecule is CCC(CC)NC(=O)CCCCC1CCSS1. The molecule has 0 aromatic heterocycles. The second-order valence-electron chi connectivity index (χ2n) is 4.66. The molecular formula is C13H25NOS2. The van der Waals surface area contributed by atoms with E-state index in [-0.39, 0.29) is 5.91 Å². The van der Waals surface area contributed by atoms with Gasteiger partial charge in [-0.1, -0.05) is 41.9 Å². The molecule has 1 fully saturated rings. The third kappa shape index (κ3) is 6.61. The number of hydrogen-bond donors (Lipinski definition) is 1. The summed E-state index contributed by atoms with van der Waals surface area (Å²) in [7, 11) is 4.03. The van der Waals surface area contributed by atoms with Crippen molar-refractivity contribution in [3.63, 3.8) is 0 Å². The number of hydrogen-bond acceptors (Lipinski definition) is 3. The van der Waals surface area contributed by atoms with Gasteiger partial charge in [0, 0.05) is 23.5 Å². The lowest BCUT2D eigenvalue weighted by Gasteiger charge is -2.14. The minimum Gasteiger partial charge on any atom is -0.353 e. The van der Waals surface area contributed by atoms with Crippen LogP contribution in [0.4, 0.5) is 0 Å². The van der Waals surface area contributed by atoms with Crippen LogP contribution in [0, 0.1) is 0 Å². The molecule has 100 valence electrons. The summed E-state index contributed by atoms with van der Waals surface area (Å²) >= 11 is 0. The number of unbranched alkanes of at least 4 members (excludes halogenated alkanes) is 1. The van der Waals surface area contributed by atoms with E-state index in [0.29, 0.717) is 12.5 Å². The Bertz CT molecular complexity index is 213. The lowest BCUT2D eigenvalue weighted by atomic mass is 10.1. The van der Waals surface area contributed by atoms with Crippen molar-refractivity contribution in [2.75, 3.05) is 5.75 Å². The second kappa shape index (κ2) is 9.15. The molecule has 0 aliphatic carbocycles. The molecule has 1 rings (SSSR count). The summed E-state index contributed by atoms with van der Waals surface area (Å²) in [4.78, 5) is 11.6. The van der Waals surface area contributed by atoms with Gasteiger partial charge in [0.1, 0.15) is 0 Å². The molecule has 1 aliphatic rings. The Balaban J connectivity index is 1.99. The van der Waals surface area contributed by atoms with Gasteiger partial charge in [-0.25, -0.2) is 0 Å². The Morgan fingerprint density at radius 3 is 2.71 bits per heavy atom. The largest absolute Gasteiger partial charge is 0.353 e. The maximum atomic E-state index is 11.6. The normalized spacial score (nSPS) is 19.8. The average molecular weight is 275 g/mol. The molecule has 1 saturated heterocycles. The van der Waals surface area contributed by atoms with Gasteiger partial charge in [-0.3, -0.25) is 4.79 Å². The fraction of sp³-hybridized carbons (Fsp3) is 0.923. The molecule has 1 aliphatic heterocycles.